The van der Waals surface area contributed by atoms with E-state index < -0.39 is 0 Å². The van der Waals surface area contributed by atoms with Crippen LogP contribution in [0, 0.1) is 0 Å². The number of hydrogen-bond donors (Lipinski definition) is 2. The number of hydrogen-bond acceptors (Lipinski definition) is 3. The van der Waals surface area contributed by atoms with Crippen LogP contribution in [-0.2, 0) is 11.2 Å². The first-order valence-corrected chi connectivity index (χ1v) is 8.04. The van der Waals surface area contributed by atoms with Crippen molar-refractivity contribution in [3.63, 3.8) is 0 Å². The second kappa shape index (κ2) is 8.80. The molecule has 2 rings (SSSR count). The Labute approximate surface area is 127 Å². The van der Waals surface area contributed by atoms with Gasteiger partial charge in [0.2, 0.25) is 5.91 Å². The summed E-state index contributed by atoms with van der Waals surface area (Å²) >= 11 is 0. The van der Waals surface area contributed by atoms with Gasteiger partial charge >= 0.3 is 0 Å². The fourth-order valence-corrected chi connectivity index (χ4v) is 2.78. The van der Waals surface area contributed by atoms with E-state index in [1.807, 2.05) is 18.2 Å². The summed E-state index contributed by atoms with van der Waals surface area (Å²) in [5.41, 5.74) is 1.26. The highest BCUT2D eigenvalue weighted by molar-refractivity contribution is 5.78. The number of benzene rings is 1. The van der Waals surface area contributed by atoms with Gasteiger partial charge in [0.15, 0.2) is 0 Å². The van der Waals surface area contributed by atoms with E-state index in [1.54, 1.807) is 0 Å². The molecule has 1 aliphatic heterocycles. The van der Waals surface area contributed by atoms with Gasteiger partial charge in [-0.25, -0.2) is 0 Å². The van der Waals surface area contributed by atoms with E-state index in [-0.39, 0.29) is 5.91 Å². The number of carbonyl (C=O) groups is 1. The van der Waals surface area contributed by atoms with Crippen molar-refractivity contribution in [2.45, 2.75) is 32.2 Å². The highest BCUT2D eigenvalue weighted by atomic mass is 16.2. The molecule has 1 heterocycles. The van der Waals surface area contributed by atoms with E-state index in [2.05, 4.69) is 34.6 Å². The van der Waals surface area contributed by atoms with Crippen LogP contribution in [0.25, 0.3) is 0 Å². The Bertz CT molecular complexity index is 415. The summed E-state index contributed by atoms with van der Waals surface area (Å²) < 4.78 is 0. The molecule has 0 radical (unpaired) electrons. The predicted molar refractivity (Wildman–Crippen MR) is 86.3 cm³/mol. The van der Waals surface area contributed by atoms with Gasteiger partial charge in [-0.05, 0) is 37.9 Å². The quantitative estimate of drug-likeness (QED) is 0.761. The van der Waals surface area contributed by atoms with Crippen molar-refractivity contribution in [1.29, 1.82) is 0 Å². The first-order valence-electron chi connectivity index (χ1n) is 8.04. The molecule has 1 aromatic rings. The molecule has 0 spiro atoms. The van der Waals surface area contributed by atoms with Crippen LogP contribution in [0.1, 0.15) is 25.3 Å². The number of amides is 1. The zero-order chi connectivity index (χ0) is 14.9. The van der Waals surface area contributed by atoms with Crippen LogP contribution in [0.15, 0.2) is 30.3 Å². The average molecular weight is 289 g/mol. The molecular formula is C17H27N3O. The van der Waals surface area contributed by atoms with Gasteiger partial charge in [0.05, 0.1) is 6.54 Å². The Morgan fingerprint density at radius 1 is 1.38 bits per heavy atom. The van der Waals surface area contributed by atoms with Gasteiger partial charge in [0.1, 0.15) is 0 Å². The largest absolute Gasteiger partial charge is 0.355 e. The van der Waals surface area contributed by atoms with Crippen molar-refractivity contribution in [1.82, 2.24) is 15.5 Å². The molecule has 1 unspecified atom stereocenters. The van der Waals surface area contributed by atoms with Crippen LogP contribution >= 0.6 is 0 Å². The second-order valence-corrected chi connectivity index (χ2v) is 5.71. The molecule has 1 amide bonds. The highest BCUT2D eigenvalue weighted by Crippen LogP contribution is 2.06. The minimum Gasteiger partial charge on any atom is -0.355 e. The van der Waals surface area contributed by atoms with Crippen molar-refractivity contribution < 1.29 is 4.79 Å². The topological polar surface area (TPSA) is 44.4 Å². The summed E-state index contributed by atoms with van der Waals surface area (Å²) in [6, 6.07) is 10.8. The minimum atomic E-state index is 0.130. The molecule has 4 nitrogen and oxygen atoms in total. The average Bonchev–Trinajstić information content (AvgIpc) is 3.00. The van der Waals surface area contributed by atoms with E-state index in [0.717, 1.165) is 26.1 Å². The smallest absolute Gasteiger partial charge is 0.234 e. The summed E-state index contributed by atoms with van der Waals surface area (Å²) in [5.74, 6) is 0.130. The van der Waals surface area contributed by atoms with Crippen LogP contribution in [0.5, 0.6) is 0 Å². The Hall–Kier alpha value is -1.39. The van der Waals surface area contributed by atoms with Crippen LogP contribution in [0.4, 0.5) is 0 Å². The molecule has 4 heteroatoms. The van der Waals surface area contributed by atoms with Gasteiger partial charge in [0, 0.05) is 19.1 Å². The van der Waals surface area contributed by atoms with Crippen LogP contribution < -0.4 is 10.6 Å². The molecule has 0 saturated carbocycles. The molecule has 0 aliphatic carbocycles. The van der Waals surface area contributed by atoms with E-state index in [0.29, 0.717) is 19.1 Å². The molecule has 1 fully saturated rings. The van der Waals surface area contributed by atoms with Gasteiger partial charge in [0.25, 0.3) is 0 Å². The first kappa shape index (κ1) is 16.0. The maximum absolute atomic E-state index is 12.0. The maximum atomic E-state index is 12.0. The third kappa shape index (κ3) is 5.86. The van der Waals surface area contributed by atoms with E-state index >= 15 is 0 Å². The number of carbonyl (C=O) groups excluding carboxylic acids is 1. The van der Waals surface area contributed by atoms with Crippen LogP contribution in [0.2, 0.25) is 0 Å². The third-order valence-corrected chi connectivity index (χ3v) is 4.03. The number of nitrogens with one attached hydrogen (secondary N) is 2. The summed E-state index contributed by atoms with van der Waals surface area (Å²) in [7, 11) is 0. The monoisotopic (exact) mass is 289 g/mol. The standard InChI is InChI=1S/C17H27N3O/c1-2-20(13-16-9-6-11-18-16)14-17(21)19-12-10-15-7-4-3-5-8-15/h3-5,7-8,16,18H,2,6,9-14H2,1H3,(H,19,21). The van der Waals surface area contributed by atoms with Gasteiger partial charge in [-0.15, -0.1) is 0 Å². The predicted octanol–water partition coefficient (Wildman–Crippen LogP) is 1.42. The van der Waals surface area contributed by atoms with Crippen molar-refractivity contribution in [2.75, 3.05) is 32.7 Å². The molecule has 116 valence electrons. The molecule has 1 aliphatic rings. The number of rotatable bonds is 8. The van der Waals surface area contributed by atoms with Crippen molar-refractivity contribution >= 4 is 5.91 Å². The Morgan fingerprint density at radius 2 is 2.19 bits per heavy atom. The lowest BCUT2D eigenvalue weighted by atomic mass is 10.1. The summed E-state index contributed by atoms with van der Waals surface area (Å²) in [5, 5.41) is 6.51. The van der Waals surface area contributed by atoms with Crippen LogP contribution in [0.3, 0.4) is 0 Å². The van der Waals surface area contributed by atoms with E-state index in [4.69, 9.17) is 0 Å². The summed E-state index contributed by atoms with van der Waals surface area (Å²) in [4.78, 5) is 14.2. The normalized spacial score (nSPS) is 18.1. The third-order valence-electron chi connectivity index (χ3n) is 4.03. The lowest BCUT2D eigenvalue weighted by molar-refractivity contribution is -0.122. The second-order valence-electron chi connectivity index (χ2n) is 5.71. The summed E-state index contributed by atoms with van der Waals surface area (Å²) in [6.07, 6.45) is 3.38. The molecular weight excluding hydrogens is 262 g/mol. The Kier molecular flexibility index (Phi) is 6.70. The molecule has 0 bridgehead atoms. The van der Waals surface area contributed by atoms with Crippen LogP contribution in [-0.4, -0.2) is 49.6 Å². The SMILES string of the molecule is CCN(CC(=O)NCCc1ccccc1)CC1CCCN1. The molecule has 1 atom stereocenters. The molecule has 21 heavy (non-hydrogen) atoms. The minimum absolute atomic E-state index is 0.130. The lowest BCUT2D eigenvalue weighted by Gasteiger charge is -2.23. The van der Waals surface area contributed by atoms with Gasteiger partial charge in [-0.3, -0.25) is 9.69 Å². The first-order chi connectivity index (χ1) is 10.3. The van der Waals surface area contributed by atoms with Crippen molar-refractivity contribution in [3.8, 4) is 0 Å². The highest BCUT2D eigenvalue weighted by Gasteiger charge is 2.18. The molecule has 1 aromatic carbocycles. The molecule has 0 aromatic heterocycles. The van der Waals surface area contributed by atoms with Crippen molar-refractivity contribution in [2.24, 2.45) is 0 Å². The molecule has 1 saturated heterocycles. The Morgan fingerprint density at radius 3 is 2.86 bits per heavy atom. The Balaban J connectivity index is 1.65. The van der Waals surface area contributed by atoms with Gasteiger partial charge in [-0.1, -0.05) is 37.3 Å². The maximum Gasteiger partial charge on any atom is 0.234 e. The van der Waals surface area contributed by atoms with Gasteiger partial charge in [-0.2, -0.15) is 0 Å². The molecule has 2 N–H and O–H groups in total. The van der Waals surface area contributed by atoms with Crippen molar-refractivity contribution in [3.05, 3.63) is 35.9 Å². The number of nitrogens with zero attached hydrogens (tertiary/aromatic N) is 1. The van der Waals surface area contributed by atoms with E-state index in [1.165, 1.54) is 18.4 Å². The summed E-state index contributed by atoms with van der Waals surface area (Å²) in [6.45, 7) is 6.34. The fourth-order valence-electron chi connectivity index (χ4n) is 2.78. The fraction of sp³-hybridized carbons (Fsp3) is 0.588. The van der Waals surface area contributed by atoms with E-state index in [9.17, 15) is 4.79 Å². The zero-order valence-corrected chi connectivity index (χ0v) is 13.0. The lowest BCUT2D eigenvalue weighted by Crippen LogP contribution is -2.43. The van der Waals surface area contributed by atoms with Gasteiger partial charge < -0.3 is 10.6 Å². The zero-order valence-electron chi connectivity index (χ0n) is 13.0. The number of likely N-dealkylation sites (N-methyl/N-ethyl adjacent to an activating group) is 1.